The Hall–Kier alpha value is -3.49. The number of likely N-dealkylation sites (tertiary alicyclic amines) is 1. The van der Waals surface area contributed by atoms with Gasteiger partial charge in [-0.3, -0.25) is 4.79 Å². The molecule has 0 unspecified atom stereocenters. The molecule has 1 fully saturated rings. The van der Waals surface area contributed by atoms with Crippen molar-refractivity contribution < 1.29 is 18.7 Å². The number of carbonyl (C=O) groups is 2. The van der Waals surface area contributed by atoms with Crippen LogP contribution in [0.2, 0.25) is 0 Å². The van der Waals surface area contributed by atoms with Crippen LogP contribution in [0, 0.1) is 5.82 Å². The number of amides is 2. The summed E-state index contributed by atoms with van der Waals surface area (Å²) in [5, 5.41) is 2.59. The number of pyridine rings is 1. The van der Waals surface area contributed by atoms with Crippen LogP contribution in [0.25, 0.3) is 22.6 Å². The van der Waals surface area contributed by atoms with E-state index in [1.54, 1.807) is 30.2 Å². The van der Waals surface area contributed by atoms with E-state index in [1.807, 2.05) is 16.7 Å². The van der Waals surface area contributed by atoms with Gasteiger partial charge in [-0.2, -0.15) is 0 Å². The summed E-state index contributed by atoms with van der Waals surface area (Å²) in [7, 11) is 0. The number of nitrogens with zero attached hydrogens (tertiary/aromatic N) is 4. The molecule has 0 radical (unpaired) electrons. The molecule has 3 heterocycles. The summed E-state index contributed by atoms with van der Waals surface area (Å²) in [6.07, 6.45) is 2.41. The number of hydrogen-bond acceptors (Lipinski definition) is 5. The highest BCUT2D eigenvalue weighted by molar-refractivity contribution is 5.81. The van der Waals surface area contributed by atoms with E-state index in [-0.39, 0.29) is 31.0 Å². The predicted molar refractivity (Wildman–Crippen MR) is 108 cm³/mol. The van der Waals surface area contributed by atoms with Crippen LogP contribution in [-0.2, 0) is 9.53 Å². The van der Waals surface area contributed by atoms with Crippen LogP contribution in [0.5, 0.6) is 0 Å². The lowest BCUT2D eigenvalue weighted by atomic mass is 10.2. The van der Waals surface area contributed by atoms with Crippen LogP contribution < -0.4 is 5.32 Å². The van der Waals surface area contributed by atoms with Crippen molar-refractivity contribution in [1.82, 2.24) is 24.8 Å². The van der Waals surface area contributed by atoms with Gasteiger partial charge in [-0.05, 0) is 49.7 Å². The Kier molecular flexibility index (Phi) is 5.60. The molecule has 0 spiro atoms. The second-order valence-corrected chi connectivity index (χ2v) is 7.01. The van der Waals surface area contributed by atoms with E-state index in [0.717, 1.165) is 16.7 Å². The molecule has 1 saturated heterocycles. The first-order valence-electron chi connectivity index (χ1n) is 9.84. The summed E-state index contributed by atoms with van der Waals surface area (Å²) in [6, 6.07) is 9.51. The first-order chi connectivity index (χ1) is 14.6. The average Bonchev–Trinajstić information content (AvgIpc) is 3.37. The number of ether oxygens (including phenoxy) is 1. The minimum absolute atomic E-state index is 0.0432. The number of aromatic nitrogens is 3. The number of imidazole rings is 1. The zero-order valence-corrected chi connectivity index (χ0v) is 16.5. The van der Waals surface area contributed by atoms with E-state index < -0.39 is 5.97 Å². The molecule has 1 aliphatic heterocycles. The molecule has 0 aliphatic carbocycles. The number of benzene rings is 1. The van der Waals surface area contributed by atoms with Gasteiger partial charge in [-0.25, -0.2) is 19.2 Å². The number of carbonyl (C=O) groups excluding carboxylic acids is 2. The lowest BCUT2D eigenvalue weighted by molar-refractivity contribution is -0.141. The van der Waals surface area contributed by atoms with Crippen molar-refractivity contribution in [3.63, 3.8) is 0 Å². The molecule has 1 atom stereocenters. The Bertz CT molecular complexity index is 1070. The summed E-state index contributed by atoms with van der Waals surface area (Å²) in [5.74, 6) is -0.0997. The molecule has 4 rings (SSSR count). The third-order valence-corrected chi connectivity index (χ3v) is 5.06. The van der Waals surface area contributed by atoms with Gasteiger partial charge in [0.2, 0.25) is 0 Å². The van der Waals surface area contributed by atoms with Gasteiger partial charge in [-0.1, -0.05) is 0 Å². The van der Waals surface area contributed by atoms with Gasteiger partial charge in [0.1, 0.15) is 23.7 Å². The van der Waals surface area contributed by atoms with Crippen LogP contribution in [0.3, 0.4) is 0 Å². The van der Waals surface area contributed by atoms with Crippen molar-refractivity contribution >= 4 is 23.2 Å². The Morgan fingerprint density at radius 1 is 1.27 bits per heavy atom. The highest BCUT2D eigenvalue weighted by atomic mass is 19.1. The Morgan fingerprint density at radius 3 is 2.83 bits per heavy atom. The summed E-state index contributed by atoms with van der Waals surface area (Å²) < 4.78 is 20.3. The van der Waals surface area contributed by atoms with E-state index in [4.69, 9.17) is 9.72 Å². The molecule has 2 amide bonds. The minimum Gasteiger partial charge on any atom is -0.465 e. The molecule has 9 heteroatoms. The number of rotatable bonds is 5. The van der Waals surface area contributed by atoms with Crippen molar-refractivity contribution in [2.45, 2.75) is 19.4 Å². The van der Waals surface area contributed by atoms with Gasteiger partial charge >= 0.3 is 12.0 Å². The summed E-state index contributed by atoms with van der Waals surface area (Å²) in [5.41, 5.74) is 2.23. The second kappa shape index (κ2) is 8.48. The molecule has 2 aromatic heterocycles. The minimum atomic E-state index is -0.468. The fraction of sp³-hybridized carbons (Fsp3) is 0.333. The highest BCUT2D eigenvalue weighted by Crippen LogP contribution is 2.32. The van der Waals surface area contributed by atoms with Crippen LogP contribution in [-0.4, -0.2) is 57.7 Å². The molecule has 156 valence electrons. The van der Waals surface area contributed by atoms with E-state index in [9.17, 15) is 14.0 Å². The number of fused-ring (bicyclic) bond motifs is 1. The van der Waals surface area contributed by atoms with Crippen LogP contribution >= 0.6 is 0 Å². The third kappa shape index (κ3) is 3.96. The molecular weight excluding hydrogens is 389 g/mol. The average molecular weight is 411 g/mol. The topological polar surface area (TPSA) is 89.4 Å². The largest absolute Gasteiger partial charge is 0.465 e. The summed E-state index contributed by atoms with van der Waals surface area (Å²) in [4.78, 5) is 34.8. The zero-order chi connectivity index (χ0) is 21.1. The molecule has 1 aliphatic rings. The maximum absolute atomic E-state index is 13.4. The number of esters is 1. The maximum Gasteiger partial charge on any atom is 0.325 e. The second-order valence-electron chi connectivity index (χ2n) is 7.01. The quantitative estimate of drug-likeness (QED) is 0.652. The summed E-state index contributed by atoms with van der Waals surface area (Å²) in [6.45, 7) is 2.81. The Morgan fingerprint density at radius 2 is 2.07 bits per heavy atom. The molecule has 30 heavy (non-hydrogen) atoms. The van der Waals surface area contributed by atoms with E-state index in [1.165, 1.54) is 12.1 Å². The zero-order valence-electron chi connectivity index (χ0n) is 16.5. The fourth-order valence-corrected chi connectivity index (χ4v) is 3.69. The van der Waals surface area contributed by atoms with Gasteiger partial charge in [0.25, 0.3) is 0 Å². The van der Waals surface area contributed by atoms with E-state index in [0.29, 0.717) is 25.3 Å². The highest BCUT2D eigenvalue weighted by Gasteiger charge is 2.31. The van der Waals surface area contributed by atoms with Crippen molar-refractivity contribution in [2.24, 2.45) is 0 Å². The van der Waals surface area contributed by atoms with Gasteiger partial charge in [0.05, 0.1) is 12.6 Å². The predicted octanol–water partition coefficient (Wildman–Crippen LogP) is 2.76. The molecule has 0 saturated carbocycles. The van der Waals surface area contributed by atoms with Gasteiger partial charge < -0.3 is 19.5 Å². The standard InChI is InChI=1S/C21H22FN5O3/c1-2-30-18(28)12-24-21(29)26-11-9-16(13-26)27-19(14-5-7-15(22)8-6-14)25-17-4-3-10-23-20(17)27/h3-8,10,16H,2,9,11-13H2,1H3,(H,24,29)/t16-/m1/s1. The van der Waals surface area contributed by atoms with Crippen molar-refractivity contribution in [3.8, 4) is 11.4 Å². The van der Waals surface area contributed by atoms with E-state index >= 15 is 0 Å². The van der Waals surface area contributed by atoms with Crippen LogP contribution in [0.1, 0.15) is 19.4 Å². The molecule has 1 N–H and O–H groups in total. The number of hydrogen-bond donors (Lipinski definition) is 1. The summed E-state index contributed by atoms with van der Waals surface area (Å²) >= 11 is 0. The maximum atomic E-state index is 13.4. The fourth-order valence-electron chi connectivity index (χ4n) is 3.69. The smallest absolute Gasteiger partial charge is 0.325 e. The van der Waals surface area contributed by atoms with Gasteiger partial charge in [-0.15, -0.1) is 0 Å². The van der Waals surface area contributed by atoms with Crippen LogP contribution in [0.15, 0.2) is 42.6 Å². The normalized spacial score (nSPS) is 16.1. The van der Waals surface area contributed by atoms with Crippen molar-refractivity contribution in [3.05, 3.63) is 48.4 Å². The first-order valence-corrected chi connectivity index (χ1v) is 9.84. The van der Waals surface area contributed by atoms with Crippen molar-refractivity contribution in [2.75, 3.05) is 26.2 Å². The number of halogens is 1. The van der Waals surface area contributed by atoms with Gasteiger partial charge in [0.15, 0.2) is 5.65 Å². The van der Waals surface area contributed by atoms with Crippen molar-refractivity contribution in [1.29, 1.82) is 0 Å². The van der Waals surface area contributed by atoms with Gasteiger partial charge in [0, 0.05) is 24.8 Å². The van der Waals surface area contributed by atoms with E-state index in [2.05, 4.69) is 10.3 Å². The SMILES string of the molecule is CCOC(=O)CNC(=O)N1CC[C@@H](n2c(-c3ccc(F)cc3)nc3cccnc32)C1. The molecule has 0 bridgehead atoms. The lowest BCUT2D eigenvalue weighted by Gasteiger charge is -2.19. The Balaban J connectivity index is 1.57. The third-order valence-electron chi connectivity index (χ3n) is 5.06. The first kappa shape index (κ1) is 19.8. The Labute approximate surface area is 172 Å². The molecule has 3 aromatic rings. The monoisotopic (exact) mass is 411 g/mol. The number of nitrogens with one attached hydrogen (secondary N) is 1. The van der Waals surface area contributed by atoms with Crippen LogP contribution in [0.4, 0.5) is 9.18 Å². The molecule has 8 nitrogen and oxygen atoms in total. The molecule has 1 aromatic carbocycles. The number of urea groups is 1. The lowest BCUT2D eigenvalue weighted by Crippen LogP contribution is -2.41. The molecular formula is C21H22FN5O3.